The first-order valence-corrected chi connectivity index (χ1v) is 9.63. The van der Waals surface area contributed by atoms with E-state index in [9.17, 15) is 22.4 Å². The van der Waals surface area contributed by atoms with Crippen molar-refractivity contribution in [2.45, 2.75) is 24.9 Å². The number of piperidine rings is 1. The molecule has 2 aromatic carbocycles. The molecule has 1 N–H and O–H groups in total. The molecule has 1 saturated heterocycles. The number of carbonyl (C=O) groups excluding carboxylic acids is 1. The number of hydrogen-bond donors (Lipinski definition) is 1. The van der Waals surface area contributed by atoms with E-state index in [2.05, 4.69) is 15.5 Å². The van der Waals surface area contributed by atoms with Crippen LogP contribution in [0.15, 0.2) is 52.9 Å². The van der Waals surface area contributed by atoms with Crippen molar-refractivity contribution in [3.63, 3.8) is 0 Å². The van der Waals surface area contributed by atoms with E-state index in [0.29, 0.717) is 30.8 Å². The van der Waals surface area contributed by atoms with Crippen LogP contribution in [0.5, 0.6) is 0 Å². The topological polar surface area (TPSA) is 71.3 Å². The highest BCUT2D eigenvalue weighted by Gasteiger charge is 2.34. The van der Waals surface area contributed by atoms with E-state index in [1.54, 1.807) is 0 Å². The van der Waals surface area contributed by atoms with Crippen molar-refractivity contribution in [3.05, 3.63) is 65.8 Å². The third kappa shape index (κ3) is 4.68. The van der Waals surface area contributed by atoms with Crippen molar-refractivity contribution in [3.8, 4) is 11.5 Å². The molecule has 1 aliphatic heterocycles. The summed E-state index contributed by atoms with van der Waals surface area (Å²) >= 11 is 0. The number of nitrogens with one attached hydrogen (secondary N) is 1. The van der Waals surface area contributed by atoms with Crippen LogP contribution in [-0.2, 0) is 6.18 Å². The molecule has 1 atom stereocenters. The van der Waals surface area contributed by atoms with Crippen LogP contribution in [0.3, 0.4) is 0 Å². The number of benzene rings is 2. The van der Waals surface area contributed by atoms with Crippen molar-refractivity contribution in [1.82, 2.24) is 15.1 Å². The Bertz CT molecular complexity index is 1070. The fraction of sp³-hybridized carbons (Fsp3) is 0.286. The molecule has 10 heteroatoms. The summed E-state index contributed by atoms with van der Waals surface area (Å²) in [5, 5.41) is 10.4. The first-order chi connectivity index (χ1) is 14.8. The smallest absolute Gasteiger partial charge is 0.418 e. The van der Waals surface area contributed by atoms with Crippen LogP contribution in [0, 0.1) is 5.82 Å². The molecule has 31 heavy (non-hydrogen) atoms. The monoisotopic (exact) mass is 434 g/mol. The maximum Gasteiger partial charge on any atom is 0.418 e. The molecule has 0 bridgehead atoms. The lowest BCUT2D eigenvalue weighted by Crippen LogP contribution is -2.42. The molecule has 6 nitrogen and oxygen atoms in total. The van der Waals surface area contributed by atoms with Gasteiger partial charge >= 0.3 is 12.2 Å². The SMILES string of the molecule is O=C(Nc1ccccc1C(F)(F)F)N1CCCC(c2nnc(-c3ccc(F)cc3)o2)C1. The maximum absolute atomic E-state index is 13.2. The number of likely N-dealkylation sites (tertiary alicyclic amines) is 1. The number of alkyl halides is 3. The van der Waals surface area contributed by atoms with E-state index in [1.165, 1.54) is 47.4 Å². The van der Waals surface area contributed by atoms with E-state index in [4.69, 9.17) is 4.42 Å². The molecule has 1 aromatic heterocycles. The van der Waals surface area contributed by atoms with Crippen molar-refractivity contribution in [2.24, 2.45) is 0 Å². The summed E-state index contributed by atoms with van der Waals surface area (Å²) in [7, 11) is 0. The van der Waals surface area contributed by atoms with Gasteiger partial charge in [-0.3, -0.25) is 0 Å². The van der Waals surface area contributed by atoms with Gasteiger partial charge in [-0.1, -0.05) is 12.1 Å². The zero-order chi connectivity index (χ0) is 22.0. The van der Waals surface area contributed by atoms with Crippen LogP contribution in [0.4, 0.5) is 28.0 Å². The summed E-state index contributed by atoms with van der Waals surface area (Å²) < 4.78 is 58.3. The Balaban J connectivity index is 1.46. The number of urea groups is 1. The molecular weight excluding hydrogens is 416 g/mol. The highest BCUT2D eigenvalue weighted by Crippen LogP contribution is 2.35. The first-order valence-electron chi connectivity index (χ1n) is 9.63. The lowest BCUT2D eigenvalue weighted by Gasteiger charge is -2.31. The minimum Gasteiger partial charge on any atom is -0.420 e. The highest BCUT2D eigenvalue weighted by molar-refractivity contribution is 5.90. The van der Waals surface area contributed by atoms with Gasteiger partial charge in [0.05, 0.1) is 17.2 Å². The van der Waals surface area contributed by atoms with Gasteiger partial charge < -0.3 is 14.6 Å². The molecule has 0 radical (unpaired) electrons. The van der Waals surface area contributed by atoms with Crippen LogP contribution < -0.4 is 5.32 Å². The van der Waals surface area contributed by atoms with Gasteiger partial charge in [0.1, 0.15) is 5.82 Å². The van der Waals surface area contributed by atoms with Gasteiger partial charge in [0, 0.05) is 18.7 Å². The molecule has 2 heterocycles. The summed E-state index contributed by atoms with van der Waals surface area (Å²) in [6.07, 6.45) is -3.25. The molecule has 4 rings (SSSR count). The van der Waals surface area contributed by atoms with Gasteiger partial charge in [0.2, 0.25) is 11.8 Å². The number of aromatic nitrogens is 2. The Kier molecular flexibility index (Phi) is 5.62. The number of anilines is 1. The van der Waals surface area contributed by atoms with E-state index in [1.807, 2.05) is 0 Å². The van der Waals surface area contributed by atoms with Gasteiger partial charge in [0.25, 0.3) is 0 Å². The van der Waals surface area contributed by atoms with Crippen LogP contribution >= 0.6 is 0 Å². The number of carbonyl (C=O) groups is 1. The van der Waals surface area contributed by atoms with E-state index in [0.717, 1.165) is 6.07 Å². The Morgan fingerprint density at radius 1 is 1.10 bits per heavy atom. The van der Waals surface area contributed by atoms with Gasteiger partial charge in [-0.05, 0) is 49.2 Å². The minimum absolute atomic E-state index is 0.227. The normalized spacial score (nSPS) is 16.9. The number of halogens is 4. The second-order valence-electron chi connectivity index (χ2n) is 7.21. The first kappa shape index (κ1) is 20.8. The maximum atomic E-state index is 13.2. The van der Waals surface area contributed by atoms with Crippen molar-refractivity contribution < 1.29 is 26.8 Å². The quantitative estimate of drug-likeness (QED) is 0.568. The molecular formula is C21H18F4N4O2. The molecule has 1 unspecified atom stereocenters. The Labute approximate surface area is 174 Å². The molecule has 1 aliphatic rings. The zero-order valence-electron chi connectivity index (χ0n) is 16.2. The van der Waals surface area contributed by atoms with Gasteiger partial charge in [0.15, 0.2) is 0 Å². The summed E-state index contributed by atoms with van der Waals surface area (Å²) in [6.45, 7) is 0.626. The molecule has 3 aromatic rings. The fourth-order valence-corrected chi connectivity index (χ4v) is 3.51. The lowest BCUT2D eigenvalue weighted by molar-refractivity contribution is -0.136. The molecule has 0 aliphatic carbocycles. The fourth-order valence-electron chi connectivity index (χ4n) is 3.51. The molecule has 2 amide bonds. The van der Waals surface area contributed by atoms with Gasteiger partial charge in [-0.15, -0.1) is 10.2 Å². The van der Waals surface area contributed by atoms with Crippen molar-refractivity contribution >= 4 is 11.7 Å². The second kappa shape index (κ2) is 8.37. The number of rotatable bonds is 3. The second-order valence-corrected chi connectivity index (χ2v) is 7.21. The number of amides is 2. The van der Waals surface area contributed by atoms with Gasteiger partial charge in [-0.25, -0.2) is 9.18 Å². The average molecular weight is 434 g/mol. The molecule has 1 fully saturated rings. The Morgan fingerprint density at radius 2 is 1.84 bits per heavy atom. The largest absolute Gasteiger partial charge is 0.420 e. The van der Waals surface area contributed by atoms with Crippen LogP contribution in [0.25, 0.3) is 11.5 Å². The Morgan fingerprint density at radius 3 is 2.58 bits per heavy atom. The summed E-state index contributed by atoms with van der Waals surface area (Å²) in [5.74, 6) is -0.0771. The molecule has 0 spiro atoms. The zero-order valence-corrected chi connectivity index (χ0v) is 16.2. The van der Waals surface area contributed by atoms with Crippen molar-refractivity contribution in [1.29, 1.82) is 0 Å². The Hall–Kier alpha value is -3.43. The van der Waals surface area contributed by atoms with E-state index >= 15 is 0 Å². The third-order valence-corrected chi connectivity index (χ3v) is 5.06. The van der Waals surface area contributed by atoms with E-state index < -0.39 is 17.8 Å². The number of para-hydroxylation sites is 1. The summed E-state index contributed by atoms with van der Waals surface area (Å²) in [6, 6.07) is 9.81. The summed E-state index contributed by atoms with van der Waals surface area (Å²) in [5.41, 5.74) is -0.634. The van der Waals surface area contributed by atoms with Crippen LogP contribution in [0.2, 0.25) is 0 Å². The third-order valence-electron chi connectivity index (χ3n) is 5.06. The van der Waals surface area contributed by atoms with Crippen LogP contribution in [0.1, 0.15) is 30.2 Å². The minimum atomic E-state index is -4.57. The van der Waals surface area contributed by atoms with Gasteiger partial charge in [-0.2, -0.15) is 13.2 Å². The molecule has 162 valence electrons. The highest BCUT2D eigenvalue weighted by atomic mass is 19.4. The molecule has 0 saturated carbocycles. The number of nitrogens with zero attached hydrogens (tertiary/aromatic N) is 3. The predicted molar refractivity (Wildman–Crippen MR) is 104 cm³/mol. The van der Waals surface area contributed by atoms with Crippen molar-refractivity contribution in [2.75, 3.05) is 18.4 Å². The van der Waals surface area contributed by atoms with E-state index in [-0.39, 0.29) is 29.9 Å². The summed E-state index contributed by atoms with van der Waals surface area (Å²) in [4.78, 5) is 14.1. The van der Waals surface area contributed by atoms with Crippen LogP contribution in [-0.4, -0.2) is 34.2 Å². The average Bonchev–Trinajstić information content (AvgIpc) is 3.24. The predicted octanol–water partition coefficient (Wildman–Crippen LogP) is 5.31. The number of hydrogen-bond acceptors (Lipinski definition) is 4. The lowest BCUT2D eigenvalue weighted by atomic mass is 9.98. The standard InChI is InChI=1S/C21H18F4N4O2/c22-15-9-7-13(8-10-15)18-27-28-19(31-18)14-4-3-11-29(12-14)20(30)26-17-6-2-1-5-16(17)21(23,24)25/h1-2,5-10,14H,3-4,11-12H2,(H,26,30).